The molecule has 2 unspecified atom stereocenters. The minimum absolute atomic E-state index is 0.0512. The Labute approximate surface area is 168 Å². The van der Waals surface area contributed by atoms with Crippen LogP contribution in [-0.4, -0.2) is 39.3 Å². The van der Waals surface area contributed by atoms with Crippen molar-refractivity contribution >= 4 is 11.8 Å². The average molecular weight is 395 g/mol. The lowest BCUT2D eigenvalue weighted by molar-refractivity contribution is -0.134. The van der Waals surface area contributed by atoms with E-state index in [0.29, 0.717) is 19.5 Å². The standard InChI is InChI=1S/C21H22FN5O2/c22-17-5-3-16(4-6-17)18-12-19-21(29)26(10-11-27(19)25-18)9-7-20(28)24-14-15-2-1-8-23-13-15/h1-6,8,10-11,13,18-19,25H,7,9,12,14H2,(H,24,28). The number of hydrogen-bond acceptors (Lipinski definition) is 5. The minimum Gasteiger partial charge on any atom is -0.352 e. The van der Waals surface area contributed by atoms with Gasteiger partial charge in [-0.3, -0.25) is 14.6 Å². The first-order valence-electron chi connectivity index (χ1n) is 9.54. The van der Waals surface area contributed by atoms with Gasteiger partial charge in [0.15, 0.2) is 0 Å². The lowest BCUT2D eigenvalue weighted by Crippen LogP contribution is -2.48. The van der Waals surface area contributed by atoms with Gasteiger partial charge in [-0.25, -0.2) is 9.82 Å². The maximum absolute atomic E-state index is 13.1. The Bertz CT molecular complexity index is 903. The van der Waals surface area contributed by atoms with E-state index in [2.05, 4.69) is 15.7 Å². The third kappa shape index (κ3) is 4.43. The number of carbonyl (C=O) groups is 2. The summed E-state index contributed by atoms with van der Waals surface area (Å²) in [5, 5.41) is 4.63. The summed E-state index contributed by atoms with van der Waals surface area (Å²) in [5.74, 6) is -0.454. The highest BCUT2D eigenvalue weighted by Crippen LogP contribution is 2.30. The Morgan fingerprint density at radius 2 is 2.07 bits per heavy atom. The molecule has 2 aliphatic rings. The van der Waals surface area contributed by atoms with Crippen LogP contribution in [0.25, 0.3) is 0 Å². The Morgan fingerprint density at radius 1 is 1.24 bits per heavy atom. The first-order chi connectivity index (χ1) is 14.1. The fourth-order valence-corrected chi connectivity index (χ4v) is 3.55. The van der Waals surface area contributed by atoms with Crippen LogP contribution in [0.1, 0.15) is 30.0 Å². The van der Waals surface area contributed by atoms with Gasteiger partial charge in [0.2, 0.25) is 5.91 Å². The van der Waals surface area contributed by atoms with E-state index in [0.717, 1.165) is 11.1 Å². The molecule has 8 heteroatoms. The van der Waals surface area contributed by atoms with E-state index in [1.165, 1.54) is 12.1 Å². The van der Waals surface area contributed by atoms with E-state index in [4.69, 9.17) is 0 Å². The summed E-state index contributed by atoms with van der Waals surface area (Å²) in [4.78, 5) is 30.5. The normalized spacial score (nSPS) is 20.7. The van der Waals surface area contributed by atoms with Crippen molar-refractivity contribution in [3.8, 4) is 0 Å². The number of carbonyl (C=O) groups excluding carboxylic acids is 2. The lowest BCUT2D eigenvalue weighted by Gasteiger charge is -2.31. The molecule has 1 aromatic heterocycles. The van der Waals surface area contributed by atoms with E-state index in [-0.39, 0.29) is 36.1 Å². The zero-order valence-corrected chi connectivity index (χ0v) is 15.8. The summed E-state index contributed by atoms with van der Waals surface area (Å²) in [5.41, 5.74) is 5.13. The second-order valence-electron chi connectivity index (χ2n) is 7.11. The molecule has 1 fully saturated rings. The van der Waals surface area contributed by atoms with Gasteiger partial charge in [-0.2, -0.15) is 0 Å². The van der Waals surface area contributed by atoms with Crippen molar-refractivity contribution < 1.29 is 14.0 Å². The van der Waals surface area contributed by atoms with Crippen molar-refractivity contribution in [3.63, 3.8) is 0 Å². The first kappa shape index (κ1) is 19.1. The van der Waals surface area contributed by atoms with Gasteiger partial charge in [-0.1, -0.05) is 18.2 Å². The predicted molar refractivity (Wildman–Crippen MR) is 104 cm³/mol. The third-order valence-electron chi connectivity index (χ3n) is 5.14. The molecular weight excluding hydrogens is 373 g/mol. The predicted octanol–water partition coefficient (Wildman–Crippen LogP) is 1.86. The van der Waals surface area contributed by atoms with Gasteiger partial charge >= 0.3 is 0 Å². The first-order valence-corrected chi connectivity index (χ1v) is 9.54. The van der Waals surface area contributed by atoms with Crippen LogP contribution < -0.4 is 10.7 Å². The van der Waals surface area contributed by atoms with Gasteiger partial charge in [-0.15, -0.1) is 0 Å². The van der Waals surface area contributed by atoms with Crippen LogP contribution >= 0.6 is 0 Å². The van der Waals surface area contributed by atoms with Crippen LogP contribution in [0, 0.1) is 5.82 Å². The molecule has 0 bridgehead atoms. The molecule has 2 aromatic rings. The quantitative estimate of drug-likeness (QED) is 0.781. The van der Waals surface area contributed by atoms with Crippen molar-refractivity contribution in [2.45, 2.75) is 31.5 Å². The van der Waals surface area contributed by atoms with E-state index >= 15 is 0 Å². The number of aromatic nitrogens is 1. The molecule has 0 saturated carbocycles. The molecule has 2 amide bonds. The number of pyridine rings is 1. The zero-order valence-electron chi connectivity index (χ0n) is 15.8. The fraction of sp³-hybridized carbons (Fsp3) is 0.286. The number of rotatable bonds is 6. The molecule has 0 spiro atoms. The number of nitrogens with one attached hydrogen (secondary N) is 2. The average Bonchev–Trinajstić information content (AvgIpc) is 3.18. The number of fused-ring (bicyclic) bond motifs is 1. The SMILES string of the molecule is O=C(CCN1C=CN2NC(c3ccc(F)cc3)CC2C1=O)NCc1cccnc1. The smallest absolute Gasteiger partial charge is 0.250 e. The topological polar surface area (TPSA) is 77.6 Å². The lowest BCUT2D eigenvalue weighted by atomic mass is 10.0. The summed E-state index contributed by atoms with van der Waals surface area (Å²) in [6.45, 7) is 0.732. The minimum atomic E-state index is -0.339. The van der Waals surface area contributed by atoms with Gasteiger partial charge in [0.05, 0.1) is 6.04 Å². The number of amides is 2. The molecule has 0 radical (unpaired) electrons. The second kappa shape index (κ2) is 8.40. The Hall–Kier alpha value is -3.26. The molecule has 2 atom stereocenters. The zero-order chi connectivity index (χ0) is 20.2. The van der Waals surface area contributed by atoms with E-state index in [9.17, 15) is 14.0 Å². The number of nitrogens with zero attached hydrogens (tertiary/aromatic N) is 3. The molecule has 2 N–H and O–H groups in total. The van der Waals surface area contributed by atoms with Crippen molar-refractivity contribution in [3.05, 3.63) is 78.1 Å². The molecule has 3 heterocycles. The molecule has 2 aliphatic heterocycles. The second-order valence-corrected chi connectivity index (χ2v) is 7.11. The molecule has 1 aromatic carbocycles. The van der Waals surface area contributed by atoms with Crippen molar-refractivity contribution in [1.82, 2.24) is 25.6 Å². The van der Waals surface area contributed by atoms with Gasteiger partial charge in [-0.05, 0) is 35.7 Å². The van der Waals surface area contributed by atoms with Crippen molar-refractivity contribution in [2.75, 3.05) is 6.54 Å². The summed E-state index contributed by atoms with van der Waals surface area (Å²) in [7, 11) is 0. The Kier molecular flexibility index (Phi) is 5.53. The monoisotopic (exact) mass is 395 g/mol. The molecule has 29 heavy (non-hydrogen) atoms. The summed E-state index contributed by atoms with van der Waals surface area (Å²) >= 11 is 0. The number of hydrazine groups is 1. The molecule has 0 aliphatic carbocycles. The van der Waals surface area contributed by atoms with Crippen LogP contribution in [0.2, 0.25) is 0 Å². The van der Waals surface area contributed by atoms with Crippen molar-refractivity contribution in [2.24, 2.45) is 0 Å². The molecule has 4 rings (SSSR count). The Balaban J connectivity index is 1.29. The molecule has 7 nitrogen and oxygen atoms in total. The summed E-state index contributed by atoms with van der Waals surface area (Å²) in [6.07, 6.45) is 7.69. The van der Waals surface area contributed by atoms with Gasteiger partial charge in [0.1, 0.15) is 11.9 Å². The van der Waals surface area contributed by atoms with Crippen LogP contribution in [0.15, 0.2) is 61.2 Å². The van der Waals surface area contributed by atoms with E-state index in [1.54, 1.807) is 40.6 Å². The summed E-state index contributed by atoms with van der Waals surface area (Å²) < 4.78 is 13.1. The highest BCUT2D eigenvalue weighted by atomic mass is 19.1. The maximum atomic E-state index is 13.1. The van der Waals surface area contributed by atoms with Crippen LogP contribution in [0.4, 0.5) is 4.39 Å². The molecular formula is C21H22FN5O2. The van der Waals surface area contributed by atoms with Crippen LogP contribution in [0.5, 0.6) is 0 Å². The maximum Gasteiger partial charge on any atom is 0.250 e. The van der Waals surface area contributed by atoms with E-state index in [1.807, 2.05) is 18.3 Å². The van der Waals surface area contributed by atoms with Crippen LogP contribution in [0.3, 0.4) is 0 Å². The number of hydrogen-bond donors (Lipinski definition) is 2. The van der Waals surface area contributed by atoms with Gasteiger partial charge in [0.25, 0.3) is 5.91 Å². The van der Waals surface area contributed by atoms with E-state index < -0.39 is 0 Å². The molecule has 1 saturated heterocycles. The Morgan fingerprint density at radius 3 is 2.83 bits per heavy atom. The number of benzene rings is 1. The van der Waals surface area contributed by atoms with Gasteiger partial charge in [0, 0.05) is 44.3 Å². The number of halogens is 1. The van der Waals surface area contributed by atoms with Crippen molar-refractivity contribution in [1.29, 1.82) is 0 Å². The molecule has 150 valence electrons. The third-order valence-corrected chi connectivity index (χ3v) is 5.14. The van der Waals surface area contributed by atoms with Gasteiger partial charge < -0.3 is 15.2 Å². The summed E-state index contributed by atoms with van der Waals surface area (Å²) in [6, 6.07) is 9.60. The largest absolute Gasteiger partial charge is 0.352 e. The fourth-order valence-electron chi connectivity index (χ4n) is 3.55. The highest BCUT2D eigenvalue weighted by molar-refractivity contribution is 5.85. The van der Waals surface area contributed by atoms with Crippen LogP contribution in [-0.2, 0) is 16.1 Å². The highest BCUT2D eigenvalue weighted by Gasteiger charge is 2.39.